The standard InChI is InChI=1S/C6H7IO4/c7-3-1-6(2-3,4(8)9)5(10)11/h3H,1-2H2,(H,8,9)(H,10,11). The first kappa shape index (κ1) is 8.76. The smallest absolute Gasteiger partial charge is 0.321 e. The van der Waals surface area contributed by atoms with Crippen LogP contribution in [0.1, 0.15) is 12.8 Å². The normalized spacial score (nSPS) is 22.3. The van der Waals surface area contributed by atoms with E-state index in [2.05, 4.69) is 22.6 Å². The van der Waals surface area contributed by atoms with Crippen molar-refractivity contribution in [3.8, 4) is 0 Å². The molecule has 2 N–H and O–H groups in total. The first-order chi connectivity index (χ1) is 4.99. The molecule has 0 amide bonds. The van der Waals surface area contributed by atoms with E-state index in [1.807, 2.05) is 0 Å². The summed E-state index contributed by atoms with van der Waals surface area (Å²) >= 11 is 2.06. The van der Waals surface area contributed by atoms with Crippen molar-refractivity contribution in [2.45, 2.75) is 16.8 Å². The number of halogens is 1. The van der Waals surface area contributed by atoms with Crippen LogP contribution >= 0.6 is 22.6 Å². The Morgan fingerprint density at radius 3 is 1.73 bits per heavy atom. The Bertz CT molecular complexity index is 191. The van der Waals surface area contributed by atoms with E-state index in [0.29, 0.717) is 0 Å². The molecule has 0 radical (unpaired) electrons. The predicted molar refractivity (Wildman–Crippen MR) is 44.7 cm³/mol. The Hall–Kier alpha value is -0.330. The lowest BCUT2D eigenvalue weighted by molar-refractivity contribution is -0.170. The van der Waals surface area contributed by atoms with Crippen molar-refractivity contribution in [2.24, 2.45) is 5.41 Å². The molecule has 0 aromatic heterocycles. The van der Waals surface area contributed by atoms with E-state index in [1.165, 1.54) is 0 Å². The Morgan fingerprint density at radius 2 is 1.64 bits per heavy atom. The lowest BCUT2D eigenvalue weighted by Gasteiger charge is -2.37. The van der Waals surface area contributed by atoms with Crippen molar-refractivity contribution in [3.63, 3.8) is 0 Å². The molecule has 1 aliphatic carbocycles. The van der Waals surface area contributed by atoms with Gasteiger partial charge < -0.3 is 10.2 Å². The summed E-state index contributed by atoms with van der Waals surface area (Å²) < 4.78 is 0.194. The quantitative estimate of drug-likeness (QED) is 0.441. The van der Waals surface area contributed by atoms with E-state index in [0.717, 1.165) is 0 Å². The summed E-state index contributed by atoms with van der Waals surface area (Å²) in [5, 5.41) is 17.2. The lowest BCUT2D eigenvalue weighted by Crippen LogP contribution is -2.50. The average Bonchev–Trinajstić information content (AvgIpc) is 1.78. The summed E-state index contributed by atoms with van der Waals surface area (Å²) in [6.45, 7) is 0. The van der Waals surface area contributed by atoms with Crippen LogP contribution in [-0.2, 0) is 9.59 Å². The summed E-state index contributed by atoms with van der Waals surface area (Å²) in [7, 11) is 0. The molecular formula is C6H7IO4. The first-order valence-electron chi connectivity index (χ1n) is 3.10. The maximum absolute atomic E-state index is 10.5. The van der Waals surface area contributed by atoms with Gasteiger partial charge in [-0.05, 0) is 12.8 Å². The van der Waals surface area contributed by atoms with Crippen LogP contribution in [0.5, 0.6) is 0 Å². The second-order valence-electron chi connectivity index (χ2n) is 2.70. The van der Waals surface area contributed by atoms with Crippen molar-refractivity contribution in [2.75, 3.05) is 0 Å². The minimum Gasteiger partial charge on any atom is -0.480 e. The molecule has 1 fully saturated rings. The molecule has 1 rings (SSSR count). The second kappa shape index (κ2) is 2.62. The number of carbonyl (C=O) groups is 2. The highest BCUT2D eigenvalue weighted by molar-refractivity contribution is 14.1. The fraction of sp³-hybridized carbons (Fsp3) is 0.667. The molecule has 1 saturated carbocycles. The molecule has 0 saturated heterocycles. The number of hydrogen-bond acceptors (Lipinski definition) is 2. The summed E-state index contributed by atoms with van der Waals surface area (Å²) in [6.07, 6.45) is 0.496. The highest BCUT2D eigenvalue weighted by Gasteiger charge is 2.55. The van der Waals surface area contributed by atoms with Crippen molar-refractivity contribution in [1.29, 1.82) is 0 Å². The van der Waals surface area contributed by atoms with E-state index in [1.54, 1.807) is 0 Å². The van der Waals surface area contributed by atoms with E-state index in [9.17, 15) is 9.59 Å². The topological polar surface area (TPSA) is 74.6 Å². The van der Waals surface area contributed by atoms with Gasteiger partial charge in [0.25, 0.3) is 0 Å². The number of aliphatic carboxylic acids is 2. The van der Waals surface area contributed by atoms with Gasteiger partial charge in [0.2, 0.25) is 0 Å². The van der Waals surface area contributed by atoms with Gasteiger partial charge in [-0.3, -0.25) is 9.59 Å². The molecule has 0 heterocycles. The molecule has 5 heteroatoms. The molecule has 1 aliphatic rings. The Morgan fingerprint density at radius 1 is 1.27 bits per heavy atom. The maximum Gasteiger partial charge on any atom is 0.321 e. The lowest BCUT2D eigenvalue weighted by atomic mass is 9.69. The van der Waals surface area contributed by atoms with E-state index < -0.39 is 17.4 Å². The van der Waals surface area contributed by atoms with Crippen molar-refractivity contribution in [3.05, 3.63) is 0 Å². The molecular weight excluding hydrogens is 263 g/mol. The molecule has 11 heavy (non-hydrogen) atoms. The molecule has 62 valence electrons. The number of hydrogen-bond donors (Lipinski definition) is 2. The van der Waals surface area contributed by atoms with Crippen molar-refractivity contribution >= 4 is 34.5 Å². The molecule has 0 bridgehead atoms. The van der Waals surface area contributed by atoms with Crippen LogP contribution in [0.15, 0.2) is 0 Å². The number of rotatable bonds is 2. The summed E-state index contributed by atoms with van der Waals surface area (Å²) in [6, 6.07) is 0. The predicted octanol–water partition coefficient (Wildman–Crippen LogP) is 0.739. The van der Waals surface area contributed by atoms with Gasteiger partial charge in [-0.25, -0.2) is 0 Å². The highest BCUT2D eigenvalue weighted by Crippen LogP contribution is 2.45. The summed E-state index contributed by atoms with van der Waals surface area (Å²) in [5.74, 6) is -2.42. The van der Waals surface area contributed by atoms with Gasteiger partial charge in [0.15, 0.2) is 5.41 Å². The van der Waals surface area contributed by atoms with Gasteiger partial charge in [0, 0.05) is 3.92 Å². The van der Waals surface area contributed by atoms with Gasteiger partial charge in [-0.15, -0.1) is 0 Å². The van der Waals surface area contributed by atoms with Gasteiger partial charge in [-0.1, -0.05) is 22.6 Å². The Kier molecular flexibility index (Phi) is 2.08. The Balaban J connectivity index is 2.77. The molecule has 0 aromatic rings. The van der Waals surface area contributed by atoms with Crippen LogP contribution in [0, 0.1) is 5.41 Å². The molecule has 0 aromatic carbocycles. The first-order valence-corrected chi connectivity index (χ1v) is 4.34. The fourth-order valence-electron chi connectivity index (χ4n) is 1.14. The third-order valence-electron chi connectivity index (χ3n) is 1.96. The monoisotopic (exact) mass is 270 g/mol. The van der Waals surface area contributed by atoms with Gasteiger partial charge in [0.05, 0.1) is 0 Å². The van der Waals surface area contributed by atoms with Crippen LogP contribution in [0.2, 0.25) is 0 Å². The van der Waals surface area contributed by atoms with Gasteiger partial charge >= 0.3 is 11.9 Å². The zero-order valence-corrected chi connectivity index (χ0v) is 7.74. The van der Waals surface area contributed by atoms with E-state index in [4.69, 9.17) is 10.2 Å². The average molecular weight is 270 g/mol. The third-order valence-corrected chi connectivity index (χ3v) is 2.84. The minimum absolute atomic E-state index is 0.194. The molecule has 0 aliphatic heterocycles. The number of carboxylic acids is 2. The van der Waals surface area contributed by atoms with Crippen molar-refractivity contribution < 1.29 is 19.8 Å². The summed E-state index contributed by atoms with van der Waals surface area (Å²) in [5.41, 5.74) is -1.48. The molecule has 0 atom stereocenters. The number of carboxylic acid groups (broad SMARTS) is 2. The third kappa shape index (κ3) is 1.21. The van der Waals surface area contributed by atoms with E-state index in [-0.39, 0.29) is 16.8 Å². The number of alkyl halides is 1. The SMILES string of the molecule is O=C(O)C1(C(=O)O)CC(I)C1. The zero-order valence-electron chi connectivity index (χ0n) is 5.58. The molecule has 0 unspecified atom stereocenters. The second-order valence-corrected chi connectivity index (χ2v) is 4.46. The maximum atomic E-state index is 10.5. The van der Waals surface area contributed by atoms with Crippen LogP contribution in [0.3, 0.4) is 0 Å². The molecule has 4 nitrogen and oxygen atoms in total. The van der Waals surface area contributed by atoms with Crippen LogP contribution in [0.4, 0.5) is 0 Å². The van der Waals surface area contributed by atoms with Crippen LogP contribution in [0.25, 0.3) is 0 Å². The van der Waals surface area contributed by atoms with Gasteiger partial charge in [-0.2, -0.15) is 0 Å². The summed E-state index contributed by atoms with van der Waals surface area (Å²) in [4.78, 5) is 21.0. The highest BCUT2D eigenvalue weighted by atomic mass is 127. The van der Waals surface area contributed by atoms with Crippen molar-refractivity contribution in [1.82, 2.24) is 0 Å². The Labute approximate surface area is 76.7 Å². The van der Waals surface area contributed by atoms with E-state index >= 15 is 0 Å². The zero-order chi connectivity index (χ0) is 8.65. The van der Waals surface area contributed by atoms with Gasteiger partial charge in [0.1, 0.15) is 0 Å². The molecule has 0 spiro atoms. The fourth-order valence-corrected chi connectivity index (χ4v) is 2.64. The minimum atomic E-state index is -1.48. The van der Waals surface area contributed by atoms with Crippen LogP contribution < -0.4 is 0 Å². The largest absolute Gasteiger partial charge is 0.480 e. The van der Waals surface area contributed by atoms with Crippen LogP contribution in [-0.4, -0.2) is 26.1 Å².